The van der Waals surface area contributed by atoms with Crippen molar-refractivity contribution in [1.29, 1.82) is 0 Å². The number of H-pyrrole nitrogens is 1. The van der Waals surface area contributed by atoms with E-state index in [2.05, 4.69) is 20.2 Å². The Bertz CT molecular complexity index is 819. The summed E-state index contributed by atoms with van der Waals surface area (Å²) >= 11 is 2.91. The summed E-state index contributed by atoms with van der Waals surface area (Å²) in [6.07, 6.45) is 2.57. The lowest BCUT2D eigenvalue weighted by Crippen LogP contribution is -2.05. The number of aromatic amines is 1. The Labute approximate surface area is 142 Å². The largest absolute Gasteiger partial charge is 0.294 e. The third-order valence-corrected chi connectivity index (χ3v) is 5.12. The van der Waals surface area contributed by atoms with Gasteiger partial charge in [0.1, 0.15) is 5.82 Å². The summed E-state index contributed by atoms with van der Waals surface area (Å²) in [7, 11) is 0. The Morgan fingerprint density at radius 3 is 2.91 bits per heavy atom. The molecule has 0 aromatic carbocycles. The van der Waals surface area contributed by atoms with Crippen molar-refractivity contribution in [1.82, 2.24) is 24.7 Å². The molecule has 1 N–H and O–H groups in total. The molecule has 0 amide bonds. The first-order valence-corrected chi connectivity index (χ1v) is 9.12. The molecule has 0 aliphatic heterocycles. The quantitative estimate of drug-likeness (QED) is 0.547. The van der Waals surface area contributed by atoms with E-state index < -0.39 is 0 Å². The predicted molar refractivity (Wildman–Crippen MR) is 91.7 cm³/mol. The van der Waals surface area contributed by atoms with Gasteiger partial charge in [-0.2, -0.15) is 0 Å². The van der Waals surface area contributed by atoms with E-state index in [0.29, 0.717) is 10.9 Å². The van der Waals surface area contributed by atoms with E-state index >= 15 is 0 Å². The molecule has 3 heterocycles. The summed E-state index contributed by atoms with van der Waals surface area (Å²) in [6, 6.07) is 1.93. The number of thioether (sulfide) groups is 1. The normalized spacial score (nSPS) is 11.1. The van der Waals surface area contributed by atoms with Crippen molar-refractivity contribution in [2.75, 3.05) is 5.75 Å². The van der Waals surface area contributed by atoms with Crippen LogP contribution in [0.1, 0.15) is 34.5 Å². The maximum absolute atomic E-state index is 12.5. The van der Waals surface area contributed by atoms with Crippen molar-refractivity contribution >= 4 is 28.9 Å². The van der Waals surface area contributed by atoms with Crippen molar-refractivity contribution in [2.45, 2.75) is 32.3 Å². The third-order valence-electron chi connectivity index (χ3n) is 3.52. The fourth-order valence-electron chi connectivity index (χ4n) is 2.37. The van der Waals surface area contributed by atoms with Gasteiger partial charge in [0.25, 0.3) is 0 Å². The van der Waals surface area contributed by atoms with Gasteiger partial charge in [0.2, 0.25) is 5.16 Å². The van der Waals surface area contributed by atoms with Crippen molar-refractivity contribution in [3.05, 3.63) is 40.4 Å². The zero-order valence-corrected chi connectivity index (χ0v) is 14.8. The summed E-state index contributed by atoms with van der Waals surface area (Å²) in [5.74, 6) is 1.24. The van der Waals surface area contributed by atoms with Crippen LogP contribution < -0.4 is 0 Å². The molecule has 0 fully saturated rings. The number of rotatable bonds is 6. The van der Waals surface area contributed by atoms with Crippen LogP contribution in [0.2, 0.25) is 0 Å². The molecule has 6 nitrogen and oxygen atoms in total. The minimum absolute atomic E-state index is 0.0776. The standard InChI is InChI=1S/C15H17N5OS2/c1-4-13-17-14(19-18-13)23-8-12(21)11-7-9(2)20(10(11)3)15-16-5-6-22-15/h5-7H,4,8H2,1-3H3,(H,17,18,19). The van der Waals surface area contributed by atoms with Crippen LogP contribution in [0, 0.1) is 13.8 Å². The van der Waals surface area contributed by atoms with E-state index in [1.54, 1.807) is 17.5 Å². The first-order valence-electron chi connectivity index (χ1n) is 7.26. The Morgan fingerprint density at radius 2 is 2.26 bits per heavy atom. The van der Waals surface area contributed by atoms with Crippen molar-refractivity contribution in [3.8, 4) is 5.13 Å². The molecule has 0 atom stereocenters. The highest BCUT2D eigenvalue weighted by molar-refractivity contribution is 7.99. The maximum atomic E-state index is 12.5. The molecule has 3 rings (SSSR count). The topological polar surface area (TPSA) is 76.5 Å². The minimum atomic E-state index is 0.0776. The highest BCUT2D eigenvalue weighted by atomic mass is 32.2. The number of aromatic nitrogens is 5. The molecule has 0 saturated heterocycles. The zero-order chi connectivity index (χ0) is 16.4. The molecule has 0 aliphatic rings. The number of thiazole rings is 1. The van der Waals surface area contributed by atoms with Crippen LogP contribution >= 0.6 is 23.1 Å². The second kappa shape index (κ2) is 6.67. The van der Waals surface area contributed by atoms with E-state index in [-0.39, 0.29) is 5.78 Å². The number of aryl methyl sites for hydroxylation is 2. The summed E-state index contributed by atoms with van der Waals surface area (Å²) in [5.41, 5.74) is 2.67. The summed E-state index contributed by atoms with van der Waals surface area (Å²) in [6.45, 7) is 5.95. The lowest BCUT2D eigenvalue weighted by Gasteiger charge is -2.05. The molecule has 3 aromatic rings. The number of carbonyl (C=O) groups is 1. The van der Waals surface area contributed by atoms with Crippen molar-refractivity contribution in [3.63, 3.8) is 0 Å². The van der Waals surface area contributed by atoms with Gasteiger partial charge in [-0.3, -0.25) is 14.5 Å². The van der Waals surface area contributed by atoms with Crippen LogP contribution in [0.25, 0.3) is 5.13 Å². The van der Waals surface area contributed by atoms with Gasteiger partial charge in [-0.1, -0.05) is 18.7 Å². The molecule has 23 heavy (non-hydrogen) atoms. The van der Waals surface area contributed by atoms with Crippen molar-refractivity contribution < 1.29 is 4.79 Å². The fraction of sp³-hybridized carbons (Fsp3) is 0.333. The number of hydrogen-bond donors (Lipinski definition) is 1. The highest BCUT2D eigenvalue weighted by Gasteiger charge is 2.18. The van der Waals surface area contributed by atoms with Crippen LogP contribution in [-0.4, -0.2) is 36.3 Å². The Hall–Kier alpha value is -1.93. The first kappa shape index (κ1) is 15.9. The Morgan fingerprint density at radius 1 is 1.43 bits per heavy atom. The number of ketones is 1. The summed E-state index contributed by atoms with van der Waals surface area (Å²) < 4.78 is 2.02. The Kier molecular flexibility index (Phi) is 4.63. The van der Waals surface area contributed by atoms with Crippen LogP contribution in [-0.2, 0) is 6.42 Å². The van der Waals surface area contributed by atoms with E-state index in [1.165, 1.54) is 11.8 Å². The van der Waals surface area contributed by atoms with E-state index in [0.717, 1.165) is 34.3 Å². The molecular formula is C15H17N5OS2. The SMILES string of the molecule is CCc1nc(SCC(=O)c2cc(C)n(-c3nccs3)c2C)n[nH]1. The molecule has 8 heteroatoms. The lowest BCUT2D eigenvalue weighted by molar-refractivity contribution is 0.102. The molecule has 0 radical (unpaired) electrons. The van der Waals surface area contributed by atoms with Crippen LogP contribution in [0.15, 0.2) is 22.8 Å². The zero-order valence-electron chi connectivity index (χ0n) is 13.2. The average molecular weight is 347 g/mol. The van der Waals surface area contributed by atoms with Gasteiger partial charge in [-0.15, -0.1) is 16.4 Å². The lowest BCUT2D eigenvalue weighted by atomic mass is 10.2. The highest BCUT2D eigenvalue weighted by Crippen LogP contribution is 2.24. The molecule has 0 unspecified atom stereocenters. The summed E-state index contributed by atoms with van der Waals surface area (Å²) in [4.78, 5) is 21.2. The predicted octanol–water partition coefficient (Wildman–Crippen LogP) is 3.21. The van der Waals surface area contributed by atoms with Gasteiger partial charge in [0.05, 0.1) is 5.75 Å². The first-order chi connectivity index (χ1) is 11.1. The Balaban J connectivity index is 1.76. The fourth-order valence-corrected chi connectivity index (χ4v) is 3.83. The van der Waals surface area contributed by atoms with Gasteiger partial charge in [0.15, 0.2) is 10.9 Å². The summed E-state index contributed by atoms with van der Waals surface area (Å²) in [5, 5.41) is 10.4. The van der Waals surface area contributed by atoms with Gasteiger partial charge >= 0.3 is 0 Å². The number of carbonyl (C=O) groups excluding carboxylic acids is 1. The van der Waals surface area contributed by atoms with Gasteiger partial charge < -0.3 is 0 Å². The molecule has 0 bridgehead atoms. The third kappa shape index (κ3) is 3.23. The number of Topliss-reactive ketones (excluding diaryl/α,β-unsaturated/α-hetero) is 1. The van der Waals surface area contributed by atoms with Crippen LogP contribution in [0.3, 0.4) is 0 Å². The van der Waals surface area contributed by atoms with E-state index in [1.807, 2.05) is 36.8 Å². The molecule has 0 saturated carbocycles. The van der Waals surface area contributed by atoms with Gasteiger partial charge in [-0.05, 0) is 19.9 Å². The van der Waals surface area contributed by atoms with Gasteiger partial charge in [-0.25, -0.2) is 9.97 Å². The second-order valence-corrected chi connectivity index (χ2v) is 6.88. The molecular weight excluding hydrogens is 330 g/mol. The van der Waals surface area contributed by atoms with E-state index in [9.17, 15) is 4.79 Å². The molecule has 120 valence electrons. The van der Waals surface area contributed by atoms with E-state index in [4.69, 9.17) is 0 Å². The van der Waals surface area contributed by atoms with Crippen LogP contribution in [0.5, 0.6) is 0 Å². The molecule has 0 aliphatic carbocycles. The molecule has 0 spiro atoms. The maximum Gasteiger partial charge on any atom is 0.208 e. The molecule has 3 aromatic heterocycles. The average Bonchev–Trinajstić information content (AvgIpc) is 3.25. The number of hydrogen-bond acceptors (Lipinski definition) is 6. The second-order valence-electron chi connectivity index (χ2n) is 5.06. The number of nitrogens with zero attached hydrogens (tertiary/aromatic N) is 4. The smallest absolute Gasteiger partial charge is 0.208 e. The van der Waals surface area contributed by atoms with Gasteiger partial charge in [0, 0.05) is 34.9 Å². The number of nitrogens with one attached hydrogen (secondary N) is 1. The van der Waals surface area contributed by atoms with Crippen molar-refractivity contribution in [2.24, 2.45) is 0 Å². The minimum Gasteiger partial charge on any atom is -0.294 e. The van der Waals surface area contributed by atoms with Crippen LogP contribution in [0.4, 0.5) is 0 Å². The monoisotopic (exact) mass is 347 g/mol.